The molecule has 0 bridgehead atoms. The average molecular weight is 338 g/mol. The fourth-order valence-electron chi connectivity index (χ4n) is 2.73. The molecule has 0 unspecified atom stereocenters. The van der Waals surface area contributed by atoms with Crippen LogP contribution < -0.4 is 16.6 Å². The second kappa shape index (κ2) is 7.15. The van der Waals surface area contributed by atoms with E-state index >= 15 is 0 Å². The van der Waals surface area contributed by atoms with E-state index in [1.54, 1.807) is 11.6 Å². The molecule has 3 rings (SSSR count). The molecule has 0 aliphatic heterocycles. The number of aromatic nitrogens is 4. The van der Waals surface area contributed by atoms with Crippen molar-refractivity contribution in [2.24, 2.45) is 7.05 Å². The van der Waals surface area contributed by atoms with Gasteiger partial charge in [-0.2, -0.15) is 5.26 Å². The van der Waals surface area contributed by atoms with Crippen LogP contribution >= 0.6 is 0 Å². The van der Waals surface area contributed by atoms with Crippen molar-refractivity contribution in [3.63, 3.8) is 0 Å². The van der Waals surface area contributed by atoms with E-state index in [0.717, 1.165) is 5.56 Å². The van der Waals surface area contributed by atoms with Gasteiger partial charge in [0.1, 0.15) is 5.82 Å². The summed E-state index contributed by atoms with van der Waals surface area (Å²) in [5.74, 6) is 0.618. The zero-order valence-corrected chi connectivity index (χ0v) is 13.8. The highest BCUT2D eigenvalue weighted by Gasteiger charge is 2.16. The van der Waals surface area contributed by atoms with Gasteiger partial charge in [0.15, 0.2) is 11.2 Å². The summed E-state index contributed by atoms with van der Waals surface area (Å²) in [6.07, 6.45) is 0.249. The van der Waals surface area contributed by atoms with Gasteiger partial charge < -0.3 is 9.88 Å². The first-order chi connectivity index (χ1) is 12.1. The molecule has 3 aromatic rings. The van der Waals surface area contributed by atoms with Crippen LogP contribution in [0.15, 0.2) is 39.9 Å². The third-order valence-corrected chi connectivity index (χ3v) is 3.99. The molecule has 0 saturated heterocycles. The van der Waals surface area contributed by atoms with E-state index in [-0.39, 0.29) is 6.42 Å². The molecule has 8 nitrogen and oxygen atoms in total. The van der Waals surface area contributed by atoms with Crippen LogP contribution in [0.1, 0.15) is 17.8 Å². The van der Waals surface area contributed by atoms with Crippen molar-refractivity contribution < 1.29 is 0 Å². The molecule has 0 radical (unpaired) electrons. The smallest absolute Gasteiger partial charge is 0.320 e. The molecule has 25 heavy (non-hydrogen) atoms. The van der Waals surface area contributed by atoms with E-state index in [2.05, 4.69) is 21.4 Å². The van der Waals surface area contributed by atoms with Gasteiger partial charge in [0.2, 0.25) is 0 Å². The number of aromatic amines is 1. The minimum absolute atomic E-state index is 0.249. The van der Waals surface area contributed by atoms with Crippen LogP contribution in [0, 0.1) is 11.3 Å². The summed E-state index contributed by atoms with van der Waals surface area (Å²) in [6.45, 7) is 1.41. The molecular formula is C17H18N6O2. The van der Waals surface area contributed by atoms with Gasteiger partial charge in [-0.15, -0.1) is 0 Å². The van der Waals surface area contributed by atoms with Crippen LogP contribution in [0.3, 0.4) is 0 Å². The van der Waals surface area contributed by atoms with Gasteiger partial charge in [0, 0.05) is 20.1 Å². The monoisotopic (exact) mass is 338 g/mol. The molecule has 0 amide bonds. The maximum Gasteiger partial charge on any atom is 0.329 e. The lowest BCUT2D eigenvalue weighted by atomic mass is 10.2. The molecule has 1 aromatic carbocycles. The van der Waals surface area contributed by atoms with E-state index in [1.165, 1.54) is 4.57 Å². The van der Waals surface area contributed by atoms with E-state index < -0.39 is 11.2 Å². The van der Waals surface area contributed by atoms with Crippen molar-refractivity contribution in [3.05, 3.63) is 62.6 Å². The SMILES string of the molecule is Cn1c(=O)[nH]c(=O)c2c1nc(CNCc1ccccc1)n2CCC#N. The Hall–Kier alpha value is -3.18. The minimum Gasteiger partial charge on any atom is -0.320 e. The predicted molar refractivity (Wildman–Crippen MR) is 92.8 cm³/mol. The second-order valence-electron chi connectivity index (χ2n) is 5.67. The minimum atomic E-state index is -0.508. The number of aryl methyl sites for hydroxylation is 2. The first-order valence-corrected chi connectivity index (χ1v) is 7.92. The summed E-state index contributed by atoms with van der Waals surface area (Å²) in [6, 6.07) is 12.0. The fourth-order valence-corrected chi connectivity index (χ4v) is 2.73. The van der Waals surface area contributed by atoms with Gasteiger partial charge >= 0.3 is 5.69 Å². The number of fused-ring (bicyclic) bond motifs is 1. The van der Waals surface area contributed by atoms with Crippen molar-refractivity contribution >= 4 is 11.2 Å². The molecule has 2 heterocycles. The van der Waals surface area contributed by atoms with Crippen LogP contribution in [-0.2, 0) is 26.7 Å². The zero-order chi connectivity index (χ0) is 17.8. The lowest BCUT2D eigenvalue weighted by Crippen LogP contribution is -2.29. The first-order valence-electron chi connectivity index (χ1n) is 7.92. The van der Waals surface area contributed by atoms with Crippen LogP contribution in [0.25, 0.3) is 11.2 Å². The lowest BCUT2D eigenvalue weighted by molar-refractivity contribution is 0.609. The van der Waals surface area contributed by atoms with Crippen molar-refractivity contribution in [1.29, 1.82) is 5.26 Å². The van der Waals surface area contributed by atoms with E-state index in [0.29, 0.717) is 36.6 Å². The summed E-state index contributed by atoms with van der Waals surface area (Å²) in [5, 5.41) is 12.2. The zero-order valence-electron chi connectivity index (χ0n) is 13.8. The van der Waals surface area contributed by atoms with Crippen molar-refractivity contribution in [1.82, 2.24) is 24.4 Å². The Bertz CT molecular complexity index is 1040. The summed E-state index contributed by atoms with van der Waals surface area (Å²) < 4.78 is 3.01. The Morgan fingerprint density at radius 2 is 2.00 bits per heavy atom. The highest BCUT2D eigenvalue weighted by atomic mass is 16.2. The molecule has 0 aliphatic carbocycles. The van der Waals surface area contributed by atoms with Crippen LogP contribution in [0.4, 0.5) is 0 Å². The molecule has 0 atom stereocenters. The number of benzene rings is 1. The highest BCUT2D eigenvalue weighted by Crippen LogP contribution is 2.12. The Labute approximate surface area is 143 Å². The number of H-pyrrole nitrogens is 1. The molecule has 2 N–H and O–H groups in total. The van der Waals surface area contributed by atoms with Gasteiger partial charge in [-0.05, 0) is 5.56 Å². The molecular weight excluding hydrogens is 320 g/mol. The second-order valence-corrected chi connectivity index (χ2v) is 5.67. The van der Waals surface area contributed by atoms with E-state index in [1.807, 2.05) is 30.3 Å². The van der Waals surface area contributed by atoms with Gasteiger partial charge in [0.05, 0.1) is 19.0 Å². The highest BCUT2D eigenvalue weighted by molar-refractivity contribution is 5.70. The third kappa shape index (κ3) is 3.36. The van der Waals surface area contributed by atoms with Crippen molar-refractivity contribution in [2.75, 3.05) is 0 Å². The Kier molecular flexibility index (Phi) is 4.77. The summed E-state index contributed by atoms with van der Waals surface area (Å²) in [4.78, 5) is 30.7. The van der Waals surface area contributed by atoms with Gasteiger partial charge in [0.25, 0.3) is 5.56 Å². The van der Waals surface area contributed by atoms with Crippen LogP contribution in [0.2, 0.25) is 0 Å². The van der Waals surface area contributed by atoms with Crippen molar-refractivity contribution in [2.45, 2.75) is 26.1 Å². The number of imidazole rings is 1. The topological polar surface area (TPSA) is 108 Å². The first kappa shape index (κ1) is 16.7. The number of nitriles is 1. The largest absolute Gasteiger partial charge is 0.329 e. The predicted octanol–water partition coefficient (Wildman–Crippen LogP) is 0.627. The fraction of sp³-hybridized carbons (Fsp3) is 0.294. The molecule has 0 spiro atoms. The lowest BCUT2D eigenvalue weighted by Gasteiger charge is -2.08. The summed E-state index contributed by atoms with van der Waals surface area (Å²) >= 11 is 0. The molecule has 8 heteroatoms. The normalized spacial score (nSPS) is 10.9. The standard InChI is InChI=1S/C17H18N6O2/c1-22-15-14(16(24)21-17(22)25)23(9-5-8-18)13(20-15)11-19-10-12-6-3-2-4-7-12/h2-4,6-7,19H,5,9-11H2,1H3,(H,21,24,25). The molecule has 0 aliphatic rings. The number of rotatable bonds is 6. The maximum atomic E-state index is 12.2. The molecule has 0 fully saturated rings. The van der Waals surface area contributed by atoms with Gasteiger partial charge in [-0.3, -0.25) is 14.3 Å². The van der Waals surface area contributed by atoms with Crippen molar-refractivity contribution in [3.8, 4) is 6.07 Å². The number of hydrogen-bond acceptors (Lipinski definition) is 5. The molecule has 2 aromatic heterocycles. The Balaban J connectivity index is 1.94. The maximum absolute atomic E-state index is 12.2. The van der Waals surface area contributed by atoms with Crippen LogP contribution in [0.5, 0.6) is 0 Å². The van der Waals surface area contributed by atoms with E-state index in [9.17, 15) is 9.59 Å². The number of hydrogen-bond donors (Lipinski definition) is 2. The molecule has 128 valence electrons. The molecule has 0 saturated carbocycles. The average Bonchev–Trinajstić information content (AvgIpc) is 2.98. The van der Waals surface area contributed by atoms with Gasteiger partial charge in [-0.25, -0.2) is 9.78 Å². The third-order valence-electron chi connectivity index (χ3n) is 3.99. The van der Waals surface area contributed by atoms with Crippen LogP contribution in [-0.4, -0.2) is 19.1 Å². The van der Waals surface area contributed by atoms with Gasteiger partial charge in [-0.1, -0.05) is 30.3 Å². The number of nitrogens with one attached hydrogen (secondary N) is 2. The quantitative estimate of drug-likeness (QED) is 0.685. The number of nitrogens with zero attached hydrogens (tertiary/aromatic N) is 4. The van der Waals surface area contributed by atoms with E-state index in [4.69, 9.17) is 5.26 Å². The Morgan fingerprint density at radius 3 is 2.72 bits per heavy atom. The summed E-state index contributed by atoms with van der Waals surface area (Å²) in [5.41, 5.74) is 0.772. The Morgan fingerprint density at radius 1 is 1.24 bits per heavy atom. The summed E-state index contributed by atoms with van der Waals surface area (Å²) in [7, 11) is 1.56.